The second kappa shape index (κ2) is 6.52. The van der Waals surface area contributed by atoms with E-state index in [-0.39, 0.29) is 23.8 Å². The van der Waals surface area contributed by atoms with Crippen molar-refractivity contribution in [2.75, 3.05) is 5.32 Å². The minimum atomic E-state index is -0.424. The maximum absolute atomic E-state index is 12.0. The maximum atomic E-state index is 12.0. The minimum absolute atomic E-state index is 0.132. The maximum Gasteiger partial charge on any atom is 0.240 e. The van der Waals surface area contributed by atoms with Gasteiger partial charge >= 0.3 is 0 Å². The van der Waals surface area contributed by atoms with Crippen LogP contribution in [0.25, 0.3) is 0 Å². The predicted octanol–water partition coefficient (Wildman–Crippen LogP) is 2.71. The Hall–Kier alpha value is -1.82. The van der Waals surface area contributed by atoms with E-state index in [4.69, 9.17) is 0 Å². The van der Waals surface area contributed by atoms with Crippen LogP contribution >= 0.6 is 11.8 Å². The van der Waals surface area contributed by atoms with E-state index < -0.39 is 5.25 Å². The highest BCUT2D eigenvalue weighted by atomic mass is 32.2. The van der Waals surface area contributed by atoms with Crippen LogP contribution in [-0.2, 0) is 9.59 Å². The fourth-order valence-corrected chi connectivity index (χ4v) is 3.07. The molecule has 0 unspecified atom stereocenters. The Morgan fingerprint density at radius 1 is 1.32 bits per heavy atom. The number of amidine groups is 1. The number of thioether (sulfide) groups is 1. The summed E-state index contributed by atoms with van der Waals surface area (Å²) in [5.74, 6) is -0.333. The van der Waals surface area contributed by atoms with Crippen LogP contribution < -0.4 is 10.6 Å². The number of carbonyl (C=O) groups excluding carboxylic acids is 2. The Morgan fingerprint density at radius 2 is 1.95 bits per heavy atom. The third-order valence-electron chi connectivity index (χ3n) is 2.92. The number of anilines is 1. The van der Waals surface area contributed by atoms with Gasteiger partial charge in [0.05, 0.1) is 5.54 Å². The Labute approximate surface area is 135 Å². The highest BCUT2D eigenvalue weighted by molar-refractivity contribution is 8.15. The Balaban J connectivity index is 1.93. The second-order valence-corrected chi connectivity index (χ2v) is 7.49. The van der Waals surface area contributed by atoms with E-state index in [1.807, 2.05) is 52.0 Å². The molecule has 0 aromatic heterocycles. The van der Waals surface area contributed by atoms with E-state index in [0.29, 0.717) is 5.17 Å². The van der Waals surface area contributed by atoms with Gasteiger partial charge in [-0.15, -0.1) is 0 Å². The molecule has 1 aliphatic heterocycles. The van der Waals surface area contributed by atoms with Crippen molar-refractivity contribution in [1.82, 2.24) is 5.32 Å². The number of rotatable bonds is 3. The second-order valence-electron chi connectivity index (χ2n) is 6.30. The van der Waals surface area contributed by atoms with Crippen LogP contribution in [0.15, 0.2) is 29.3 Å². The quantitative estimate of drug-likeness (QED) is 0.900. The van der Waals surface area contributed by atoms with Crippen LogP contribution in [-0.4, -0.2) is 27.8 Å². The molecule has 2 N–H and O–H groups in total. The normalized spacial score (nSPS) is 20.1. The summed E-state index contributed by atoms with van der Waals surface area (Å²) < 4.78 is 0. The van der Waals surface area contributed by atoms with E-state index in [2.05, 4.69) is 15.6 Å². The lowest BCUT2D eigenvalue weighted by atomic mass is 10.1. The molecule has 1 aromatic rings. The number of nitrogens with one attached hydrogen (secondary N) is 2. The summed E-state index contributed by atoms with van der Waals surface area (Å²) in [7, 11) is 0. The monoisotopic (exact) mass is 319 g/mol. The van der Waals surface area contributed by atoms with E-state index in [1.54, 1.807) is 0 Å². The molecule has 118 valence electrons. The molecular weight excluding hydrogens is 298 g/mol. The molecule has 1 saturated heterocycles. The zero-order valence-corrected chi connectivity index (χ0v) is 14.1. The average Bonchev–Trinajstić information content (AvgIpc) is 2.70. The number of aliphatic imine (C=N–C) groups is 1. The van der Waals surface area contributed by atoms with Crippen molar-refractivity contribution in [3.05, 3.63) is 29.8 Å². The van der Waals surface area contributed by atoms with E-state index in [0.717, 1.165) is 11.3 Å². The standard InChI is InChI=1S/C16H21N3O2S/c1-10-5-7-11(8-6-10)17-13(20)9-12-14(21)18-15(22-12)19-16(2,3)4/h5-8,12H,9H2,1-4H3,(H,17,20)(H,18,19,21)/t12-/m1/s1. The van der Waals surface area contributed by atoms with Crippen LogP contribution in [0.2, 0.25) is 0 Å². The number of carbonyl (C=O) groups is 2. The molecule has 1 heterocycles. The molecule has 0 radical (unpaired) electrons. The Bertz CT molecular complexity index is 603. The lowest BCUT2D eigenvalue weighted by Crippen LogP contribution is -2.28. The van der Waals surface area contributed by atoms with Crippen LogP contribution in [0.1, 0.15) is 32.8 Å². The van der Waals surface area contributed by atoms with Crippen molar-refractivity contribution in [3.63, 3.8) is 0 Å². The summed E-state index contributed by atoms with van der Waals surface area (Å²) in [5.41, 5.74) is 1.61. The number of benzene rings is 1. The largest absolute Gasteiger partial charge is 0.326 e. The molecule has 1 atom stereocenters. The van der Waals surface area contributed by atoms with E-state index in [1.165, 1.54) is 11.8 Å². The molecule has 0 aliphatic carbocycles. The van der Waals surface area contributed by atoms with Gasteiger partial charge in [-0.3, -0.25) is 14.6 Å². The number of nitrogens with zero attached hydrogens (tertiary/aromatic N) is 1. The first kappa shape index (κ1) is 16.5. The minimum Gasteiger partial charge on any atom is -0.326 e. The third-order valence-corrected chi connectivity index (χ3v) is 4.00. The summed E-state index contributed by atoms with van der Waals surface area (Å²) >= 11 is 1.32. The molecule has 0 bridgehead atoms. The molecule has 2 rings (SSSR count). The summed E-state index contributed by atoms with van der Waals surface area (Å²) in [4.78, 5) is 28.4. The van der Waals surface area contributed by atoms with Crippen molar-refractivity contribution in [2.24, 2.45) is 4.99 Å². The summed E-state index contributed by atoms with van der Waals surface area (Å²) in [5, 5.41) is 5.70. The van der Waals surface area contributed by atoms with Crippen LogP contribution in [0.5, 0.6) is 0 Å². The van der Waals surface area contributed by atoms with Crippen molar-refractivity contribution < 1.29 is 9.59 Å². The number of hydrogen-bond donors (Lipinski definition) is 2. The first-order valence-corrected chi connectivity index (χ1v) is 8.05. The van der Waals surface area contributed by atoms with Crippen LogP contribution in [0.4, 0.5) is 5.69 Å². The lowest BCUT2D eigenvalue weighted by Gasteiger charge is -2.12. The van der Waals surface area contributed by atoms with Gasteiger partial charge in [0, 0.05) is 12.1 Å². The van der Waals surface area contributed by atoms with Gasteiger partial charge in [0.1, 0.15) is 5.25 Å². The molecular formula is C16H21N3O2S. The van der Waals surface area contributed by atoms with E-state index in [9.17, 15) is 9.59 Å². The molecule has 2 amide bonds. The zero-order valence-electron chi connectivity index (χ0n) is 13.3. The van der Waals surface area contributed by atoms with Gasteiger partial charge in [0.2, 0.25) is 11.8 Å². The topological polar surface area (TPSA) is 70.6 Å². The molecule has 0 spiro atoms. The molecule has 5 nitrogen and oxygen atoms in total. The summed E-state index contributed by atoms with van der Waals surface area (Å²) in [6, 6.07) is 7.56. The molecule has 1 aromatic carbocycles. The van der Waals surface area contributed by atoms with Crippen LogP contribution in [0, 0.1) is 6.92 Å². The van der Waals surface area contributed by atoms with Gasteiger partial charge in [-0.1, -0.05) is 29.5 Å². The zero-order chi connectivity index (χ0) is 16.3. The van der Waals surface area contributed by atoms with Gasteiger partial charge in [-0.2, -0.15) is 0 Å². The van der Waals surface area contributed by atoms with Crippen molar-refractivity contribution in [1.29, 1.82) is 0 Å². The van der Waals surface area contributed by atoms with Gasteiger partial charge < -0.3 is 10.6 Å². The predicted molar refractivity (Wildman–Crippen MR) is 91.1 cm³/mol. The Morgan fingerprint density at radius 3 is 2.55 bits per heavy atom. The molecule has 0 saturated carbocycles. The van der Waals surface area contributed by atoms with Crippen LogP contribution in [0.3, 0.4) is 0 Å². The van der Waals surface area contributed by atoms with Gasteiger partial charge in [0.15, 0.2) is 5.17 Å². The van der Waals surface area contributed by atoms with Crippen molar-refractivity contribution >= 4 is 34.4 Å². The van der Waals surface area contributed by atoms with E-state index >= 15 is 0 Å². The van der Waals surface area contributed by atoms with Crippen molar-refractivity contribution in [3.8, 4) is 0 Å². The molecule has 1 fully saturated rings. The number of aryl methyl sites for hydroxylation is 1. The van der Waals surface area contributed by atoms with Gasteiger partial charge in [-0.25, -0.2) is 0 Å². The highest BCUT2D eigenvalue weighted by Gasteiger charge is 2.32. The first-order valence-electron chi connectivity index (χ1n) is 7.17. The summed E-state index contributed by atoms with van der Waals surface area (Å²) in [6.45, 7) is 7.87. The van der Waals surface area contributed by atoms with Gasteiger partial charge in [-0.05, 0) is 39.8 Å². The first-order chi connectivity index (χ1) is 10.2. The third kappa shape index (κ3) is 4.87. The average molecular weight is 319 g/mol. The lowest BCUT2D eigenvalue weighted by molar-refractivity contribution is -0.122. The number of hydrogen-bond acceptors (Lipinski definition) is 4. The SMILES string of the molecule is Cc1ccc(NC(=O)C[C@H]2SC(=NC(C)(C)C)NC2=O)cc1. The molecule has 22 heavy (non-hydrogen) atoms. The molecule has 1 aliphatic rings. The Kier molecular flexibility index (Phi) is 4.90. The fourth-order valence-electron chi connectivity index (χ4n) is 1.91. The number of amides is 2. The summed E-state index contributed by atoms with van der Waals surface area (Å²) in [6.07, 6.45) is 0.132. The fraction of sp³-hybridized carbons (Fsp3) is 0.438. The molecule has 6 heteroatoms. The van der Waals surface area contributed by atoms with Gasteiger partial charge in [0.25, 0.3) is 0 Å². The smallest absolute Gasteiger partial charge is 0.240 e. The van der Waals surface area contributed by atoms with Crippen molar-refractivity contribution in [2.45, 2.75) is 44.9 Å². The highest BCUT2D eigenvalue weighted by Crippen LogP contribution is 2.25.